The van der Waals surface area contributed by atoms with Crippen LogP contribution in [0.25, 0.3) is 0 Å². The van der Waals surface area contributed by atoms with Crippen molar-refractivity contribution in [2.45, 2.75) is 12.8 Å². The predicted octanol–water partition coefficient (Wildman–Crippen LogP) is 1.97. The largest absolute Gasteiger partial charge is 0.354 e. The van der Waals surface area contributed by atoms with Crippen molar-refractivity contribution in [2.24, 2.45) is 0 Å². The fourth-order valence-corrected chi connectivity index (χ4v) is 3.79. The molecule has 1 aromatic carbocycles. The maximum absolute atomic E-state index is 12.6. The van der Waals surface area contributed by atoms with Gasteiger partial charge in [0.15, 0.2) is 0 Å². The maximum Gasteiger partial charge on any atom is 0.238 e. The van der Waals surface area contributed by atoms with Crippen molar-refractivity contribution in [1.29, 1.82) is 0 Å². The van der Waals surface area contributed by atoms with E-state index in [0.717, 1.165) is 44.1 Å². The Balaban J connectivity index is 1.33. The maximum atomic E-state index is 12.6. The third-order valence-electron chi connectivity index (χ3n) is 5.26. The summed E-state index contributed by atoms with van der Waals surface area (Å²) >= 11 is 0. The Labute approximate surface area is 164 Å². The molecule has 0 aliphatic carbocycles. The summed E-state index contributed by atoms with van der Waals surface area (Å²) in [6, 6.07) is 13.4. The van der Waals surface area contributed by atoms with E-state index in [2.05, 4.69) is 20.1 Å². The number of nitrogens with zero attached hydrogens (tertiary/aromatic N) is 4. The van der Waals surface area contributed by atoms with Crippen LogP contribution in [0.1, 0.15) is 12.8 Å². The fourth-order valence-electron chi connectivity index (χ4n) is 3.79. The van der Waals surface area contributed by atoms with Gasteiger partial charge in [0, 0.05) is 45.3 Å². The molecule has 2 aliphatic heterocycles. The van der Waals surface area contributed by atoms with Gasteiger partial charge in [-0.2, -0.15) is 0 Å². The Morgan fingerprint density at radius 1 is 1.00 bits per heavy atom. The number of amides is 2. The molecule has 28 heavy (non-hydrogen) atoms. The number of para-hydroxylation sites is 2. The standard InChI is InChI=1S/C21H25N5O2/c27-20(16-24-12-14-25(15-13-24)19-8-3-4-10-22-19)23-17-6-1-2-7-18(17)26-11-5-9-21(26)28/h1-4,6-8,10H,5,9,11-16H2,(H,23,27). The van der Waals surface area contributed by atoms with Crippen LogP contribution in [0.15, 0.2) is 48.7 Å². The van der Waals surface area contributed by atoms with Crippen molar-refractivity contribution in [2.75, 3.05) is 54.4 Å². The number of nitrogens with one attached hydrogen (secondary N) is 1. The predicted molar refractivity (Wildman–Crippen MR) is 110 cm³/mol. The number of benzene rings is 1. The lowest BCUT2D eigenvalue weighted by Crippen LogP contribution is -2.49. The van der Waals surface area contributed by atoms with Crippen LogP contribution in [0.2, 0.25) is 0 Å². The Bertz CT molecular complexity index is 834. The minimum absolute atomic E-state index is 0.0506. The Morgan fingerprint density at radius 2 is 1.79 bits per heavy atom. The molecule has 0 saturated carbocycles. The van der Waals surface area contributed by atoms with Crippen LogP contribution in [-0.2, 0) is 9.59 Å². The molecular weight excluding hydrogens is 354 g/mol. The number of pyridine rings is 1. The van der Waals surface area contributed by atoms with E-state index in [1.54, 1.807) is 11.1 Å². The third kappa shape index (κ3) is 4.14. The minimum Gasteiger partial charge on any atom is -0.354 e. The number of aromatic nitrogens is 1. The molecule has 2 amide bonds. The van der Waals surface area contributed by atoms with Crippen molar-refractivity contribution >= 4 is 29.0 Å². The summed E-state index contributed by atoms with van der Waals surface area (Å²) < 4.78 is 0. The van der Waals surface area contributed by atoms with Crippen LogP contribution in [-0.4, -0.2) is 61.0 Å². The molecule has 7 nitrogen and oxygen atoms in total. The zero-order valence-corrected chi connectivity index (χ0v) is 15.9. The van der Waals surface area contributed by atoms with Crippen LogP contribution < -0.4 is 15.1 Å². The van der Waals surface area contributed by atoms with Gasteiger partial charge in [-0.15, -0.1) is 0 Å². The minimum atomic E-state index is -0.0506. The van der Waals surface area contributed by atoms with E-state index in [4.69, 9.17) is 0 Å². The average Bonchev–Trinajstić information content (AvgIpc) is 3.15. The molecule has 0 unspecified atom stereocenters. The van der Waals surface area contributed by atoms with E-state index in [0.29, 0.717) is 25.2 Å². The number of piperazine rings is 1. The molecule has 2 fully saturated rings. The lowest BCUT2D eigenvalue weighted by atomic mass is 10.2. The fraction of sp³-hybridized carbons (Fsp3) is 0.381. The molecule has 1 N–H and O–H groups in total. The van der Waals surface area contributed by atoms with Crippen LogP contribution >= 0.6 is 0 Å². The second kappa shape index (κ2) is 8.39. The summed E-state index contributed by atoms with van der Waals surface area (Å²) in [4.78, 5) is 35.2. The topological polar surface area (TPSA) is 68.8 Å². The van der Waals surface area contributed by atoms with Crippen molar-refractivity contribution in [3.8, 4) is 0 Å². The zero-order valence-electron chi connectivity index (χ0n) is 15.9. The van der Waals surface area contributed by atoms with Gasteiger partial charge in [-0.25, -0.2) is 4.98 Å². The SMILES string of the molecule is O=C(CN1CCN(c2ccccn2)CC1)Nc1ccccc1N1CCCC1=O. The first-order valence-electron chi connectivity index (χ1n) is 9.78. The van der Waals surface area contributed by atoms with E-state index in [1.165, 1.54) is 0 Å². The van der Waals surface area contributed by atoms with Gasteiger partial charge >= 0.3 is 0 Å². The molecule has 3 heterocycles. The molecule has 7 heteroatoms. The van der Waals surface area contributed by atoms with Gasteiger partial charge in [0.05, 0.1) is 17.9 Å². The molecule has 4 rings (SSSR count). The van der Waals surface area contributed by atoms with Crippen molar-refractivity contribution in [3.05, 3.63) is 48.7 Å². The van der Waals surface area contributed by atoms with Crippen LogP contribution in [0, 0.1) is 0 Å². The van der Waals surface area contributed by atoms with Crippen LogP contribution in [0.5, 0.6) is 0 Å². The van der Waals surface area contributed by atoms with E-state index < -0.39 is 0 Å². The first-order chi connectivity index (χ1) is 13.7. The van der Waals surface area contributed by atoms with Gasteiger partial charge in [0.25, 0.3) is 0 Å². The molecule has 146 valence electrons. The number of carbonyl (C=O) groups is 2. The van der Waals surface area contributed by atoms with E-state index in [1.807, 2.05) is 42.5 Å². The summed E-state index contributed by atoms with van der Waals surface area (Å²) in [7, 11) is 0. The highest BCUT2D eigenvalue weighted by atomic mass is 16.2. The quantitative estimate of drug-likeness (QED) is 0.860. The van der Waals surface area contributed by atoms with Gasteiger partial charge in [-0.3, -0.25) is 14.5 Å². The molecule has 0 radical (unpaired) electrons. The molecule has 0 bridgehead atoms. The summed E-state index contributed by atoms with van der Waals surface area (Å²) in [6.45, 7) is 4.39. The highest BCUT2D eigenvalue weighted by Crippen LogP contribution is 2.29. The van der Waals surface area contributed by atoms with Gasteiger partial charge in [-0.1, -0.05) is 18.2 Å². The molecule has 1 aromatic heterocycles. The normalized spacial score (nSPS) is 17.8. The van der Waals surface area contributed by atoms with E-state index in [9.17, 15) is 9.59 Å². The van der Waals surface area contributed by atoms with Crippen LogP contribution in [0.3, 0.4) is 0 Å². The van der Waals surface area contributed by atoms with Crippen molar-refractivity contribution in [1.82, 2.24) is 9.88 Å². The first-order valence-corrected chi connectivity index (χ1v) is 9.78. The highest BCUT2D eigenvalue weighted by Gasteiger charge is 2.25. The summed E-state index contributed by atoms with van der Waals surface area (Å²) in [5.41, 5.74) is 1.49. The van der Waals surface area contributed by atoms with Crippen molar-refractivity contribution < 1.29 is 9.59 Å². The number of carbonyl (C=O) groups excluding carboxylic acids is 2. The summed E-state index contributed by atoms with van der Waals surface area (Å²) in [5.74, 6) is 1.05. The first kappa shape index (κ1) is 18.4. The van der Waals surface area contributed by atoms with Crippen molar-refractivity contribution in [3.63, 3.8) is 0 Å². The Hall–Kier alpha value is -2.93. The number of hydrogen-bond acceptors (Lipinski definition) is 5. The molecule has 0 atom stereocenters. The molecule has 2 saturated heterocycles. The van der Waals surface area contributed by atoms with Gasteiger partial charge in [0.2, 0.25) is 11.8 Å². The molecule has 2 aromatic rings. The highest BCUT2D eigenvalue weighted by molar-refractivity contribution is 6.02. The number of anilines is 3. The Kier molecular flexibility index (Phi) is 5.53. The van der Waals surface area contributed by atoms with Gasteiger partial charge < -0.3 is 15.1 Å². The monoisotopic (exact) mass is 379 g/mol. The number of rotatable bonds is 5. The van der Waals surface area contributed by atoms with Crippen LogP contribution in [0.4, 0.5) is 17.2 Å². The third-order valence-corrected chi connectivity index (χ3v) is 5.26. The summed E-state index contributed by atoms with van der Waals surface area (Å²) in [5, 5.41) is 3.00. The second-order valence-electron chi connectivity index (χ2n) is 7.17. The number of hydrogen-bond donors (Lipinski definition) is 1. The lowest BCUT2D eigenvalue weighted by Gasteiger charge is -2.35. The van der Waals surface area contributed by atoms with E-state index >= 15 is 0 Å². The smallest absolute Gasteiger partial charge is 0.238 e. The second-order valence-corrected chi connectivity index (χ2v) is 7.17. The molecular formula is C21H25N5O2. The van der Waals surface area contributed by atoms with E-state index in [-0.39, 0.29) is 11.8 Å². The molecule has 0 spiro atoms. The summed E-state index contributed by atoms with van der Waals surface area (Å²) in [6.07, 6.45) is 3.24. The Morgan fingerprint density at radius 3 is 2.50 bits per heavy atom. The average molecular weight is 379 g/mol. The zero-order chi connectivity index (χ0) is 19.3. The van der Waals surface area contributed by atoms with Gasteiger partial charge in [-0.05, 0) is 30.7 Å². The lowest BCUT2D eigenvalue weighted by molar-refractivity contribution is -0.118. The molecule has 2 aliphatic rings. The van der Waals surface area contributed by atoms with Gasteiger partial charge in [0.1, 0.15) is 5.82 Å².